The Bertz CT molecular complexity index is 551. The standard InChI is InChI=1S/C15H24N2O4/c1-5-17-11(4)7-10(3)13(15(17)20)14(19)16-8-12(18)9-21-6-2/h7,12,18H,5-6,8-9H2,1-4H3,(H,16,19)/t12-/m0/s1. The summed E-state index contributed by atoms with van der Waals surface area (Å²) in [6.45, 7) is 8.48. The van der Waals surface area contributed by atoms with Crippen LogP contribution in [-0.2, 0) is 11.3 Å². The number of aryl methyl sites for hydroxylation is 2. The first-order valence-corrected chi connectivity index (χ1v) is 7.17. The van der Waals surface area contributed by atoms with Gasteiger partial charge in [-0.2, -0.15) is 0 Å². The molecule has 0 unspecified atom stereocenters. The molecule has 0 radical (unpaired) electrons. The second-order valence-electron chi connectivity index (χ2n) is 4.92. The maximum absolute atomic E-state index is 12.3. The molecule has 1 rings (SSSR count). The van der Waals surface area contributed by atoms with E-state index in [1.165, 1.54) is 0 Å². The van der Waals surface area contributed by atoms with Crippen LogP contribution in [-0.4, -0.2) is 41.4 Å². The Morgan fingerprint density at radius 2 is 2.10 bits per heavy atom. The van der Waals surface area contributed by atoms with Crippen LogP contribution in [0.5, 0.6) is 0 Å². The highest BCUT2D eigenvalue weighted by atomic mass is 16.5. The number of pyridine rings is 1. The molecule has 118 valence electrons. The lowest BCUT2D eigenvalue weighted by atomic mass is 10.1. The predicted octanol–water partition coefficient (Wildman–Crippen LogP) is 0.612. The van der Waals surface area contributed by atoms with E-state index < -0.39 is 12.0 Å². The number of nitrogens with one attached hydrogen (secondary N) is 1. The van der Waals surface area contributed by atoms with E-state index in [0.29, 0.717) is 18.7 Å². The summed E-state index contributed by atoms with van der Waals surface area (Å²) in [6.07, 6.45) is -0.784. The molecule has 0 spiro atoms. The normalized spacial score (nSPS) is 12.2. The molecule has 0 aliphatic carbocycles. The molecule has 0 saturated carbocycles. The summed E-state index contributed by atoms with van der Waals surface area (Å²) in [5, 5.41) is 12.2. The molecule has 0 aliphatic heterocycles. The molecule has 21 heavy (non-hydrogen) atoms. The van der Waals surface area contributed by atoms with E-state index in [4.69, 9.17) is 4.74 Å². The maximum Gasteiger partial charge on any atom is 0.263 e. The zero-order chi connectivity index (χ0) is 16.0. The molecule has 1 aromatic heterocycles. The van der Waals surface area contributed by atoms with Gasteiger partial charge in [0.05, 0.1) is 12.7 Å². The van der Waals surface area contributed by atoms with Crippen LogP contribution >= 0.6 is 0 Å². The van der Waals surface area contributed by atoms with E-state index in [1.54, 1.807) is 11.5 Å². The van der Waals surface area contributed by atoms with E-state index >= 15 is 0 Å². The van der Waals surface area contributed by atoms with Crippen LogP contribution in [0.2, 0.25) is 0 Å². The third-order valence-corrected chi connectivity index (χ3v) is 3.26. The molecule has 0 aromatic carbocycles. The zero-order valence-corrected chi connectivity index (χ0v) is 13.1. The van der Waals surface area contributed by atoms with Crippen molar-refractivity contribution in [3.05, 3.63) is 33.2 Å². The monoisotopic (exact) mass is 296 g/mol. The van der Waals surface area contributed by atoms with Crippen molar-refractivity contribution in [3.63, 3.8) is 0 Å². The van der Waals surface area contributed by atoms with Gasteiger partial charge in [0.15, 0.2) is 0 Å². The van der Waals surface area contributed by atoms with Crippen molar-refractivity contribution in [1.82, 2.24) is 9.88 Å². The summed E-state index contributed by atoms with van der Waals surface area (Å²) in [4.78, 5) is 24.5. The summed E-state index contributed by atoms with van der Waals surface area (Å²) < 4.78 is 6.62. The summed E-state index contributed by atoms with van der Waals surface area (Å²) in [7, 11) is 0. The lowest BCUT2D eigenvalue weighted by Crippen LogP contribution is -2.39. The average Bonchev–Trinajstić information content (AvgIpc) is 2.42. The van der Waals surface area contributed by atoms with Crippen LogP contribution in [0.25, 0.3) is 0 Å². The van der Waals surface area contributed by atoms with Gasteiger partial charge in [0.1, 0.15) is 5.56 Å². The van der Waals surface area contributed by atoms with Crippen molar-refractivity contribution in [3.8, 4) is 0 Å². The quantitative estimate of drug-likeness (QED) is 0.772. The number of amides is 1. The number of aliphatic hydroxyl groups excluding tert-OH is 1. The Morgan fingerprint density at radius 3 is 2.67 bits per heavy atom. The molecular weight excluding hydrogens is 272 g/mol. The van der Waals surface area contributed by atoms with Crippen molar-refractivity contribution in [2.75, 3.05) is 19.8 Å². The van der Waals surface area contributed by atoms with E-state index in [-0.39, 0.29) is 24.3 Å². The Kier molecular flexibility index (Phi) is 6.58. The molecule has 0 aliphatic rings. The highest BCUT2D eigenvalue weighted by Gasteiger charge is 2.17. The number of nitrogens with zero attached hydrogens (tertiary/aromatic N) is 1. The van der Waals surface area contributed by atoms with E-state index in [9.17, 15) is 14.7 Å². The first-order valence-electron chi connectivity index (χ1n) is 7.17. The summed E-state index contributed by atoms with van der Waals surface area (Å²) in [6, 6.07) is 1.82. The fourth-order valence-electron chi connectivity index (χ4n) is 2.21. The van der Waals surface area contributed by atoms with Gasteiger partial charge in [0.25, 0.3) is 11.5 Å². The number of ether oxygens (including phenoxy) is 1. The lowest BCUT2D eigenvalue weighted by Gasteiger charge is -2.14. The fourth-order valence-corrected chi connectivity index (χ4v) is 2.21. The van der Waals surface area contributed by atoms with Gasteiger partial charge in [-0.15, -0.1) is 0 Å². The number of carbonyl (C=O) groups is 1. The number of aromatic nitrogens is 1. The van der Waals surface area contributed by atoms with Crippen LogP contribution in [0, 0.1) is 13.8 Å². The Balaban J connectivity index is 2.86. The summed E-state index contributed by atoms with van der Waals surface area (Å²) >= 11 is 0. The molecular formula is C15H24N2O4. The molecule has 6 nitrogen and oxygen atoms in total. The van der Waals surface area contributed by atoms with Crippen LogP contribution in [0.1, 0.15) is 35.5 Å². The highest BCUT2D eigenvalue weighted by Crippen LogP contribution is 2.06. The van der Waals surface area contributed by atoms with Gasteiger partial charge in [0, 0.05) is 25.4 Å². The highest BCUT2D eigenvalue weighted by molar-refractivity contribution is 5.95. The van der Waals surface area contributed by atoms with Crippen LogP contribution in [0.15, 0.2) is 10.9 Å². The van der Waals surface area contributed by atoms with Gasteiger partial charge in [-0.05, 0) is 39.3 Å². The van der Waals surface area contributed by atoms with Crippen molar-refractivity contribution < 1.29 is 14.6 Å². The number of hydrogen-bond acceptors (Lipinski definition) is 4. The molecule has 1 amide bonds. The predicted molar refractivity (Wildman–Crippen MR) is 80.7 cm³/mol. The third kappa shape index (κ3) is 4.41. The van der Waals surface area contributed by atoms with Gasteiger partial charge in [-0.1, -0.05) is 0 Å². The Labute approximate surface area is 124 Å². The maximum atomic E-state index is 12.3. The third-order valence-electron chi connectivity index (χ3n) is 3.26. The Morgan fingerprint density at radius 1 is 1.43 bits per heavy atom. The SMILES string of the molecule is CCOC[C@@H](O)CNC(=O)c1c(C)cc(C)n(CC)c1=O. The van der Waals surface area contributed by atoms with Crippen molar-refractivity contribution in [1.29, 1.82) is 0 Å². The van der Waals surface area contributed by atoms with Gasteiger partial charge in [-0.3, -0.25) is 9.59 Å². The van der Waals surface area contributed by atoms with Crippen LogP contribution < -0.4 is 10.9 Å². The lowest BCUT2D eigenvalue weighted by molar-refractivity contribution is 0.0418. The number of aliphatic hydroxyl groups is 1. The largest absolute Gasteiger partial charge is 0.389 e. The van der Waals surface area contributed by atoms with Gasteiger partial charge < -0.3 is 19.7 Å². The van der Waals surface area contributed by atoms with E-state index in [1.807, 2.05) is 26.8 Å². The second-order valence-corrected chi connectivity index (χ2v) is 4.92. The molecule has 2 N–H and O–H groups in total. The van der Waals surface area contributed by atoms with Gasteiger partial charge in [0.2, 0.25) is 0 Å². The molecule has 1 atom stereocenters. The van der Waals surface area contributed by atoms with Crippen LogP contribution in [0.3, 0.4) is 0 Å². The Hall–Kier alpha value is -1.66. The van der Waals surface area contributed by atoms with Gasteiger partial charge in [-0.25, -0.2) is 0 Å². The first kappa shape index (κ1) is 17.4. The van der Waals surface area contributed by atoms with Crippen LogP contribution in [0.4, 0.5) is 0 Å². The minimum atomic E-state index is -0.784. The molecule has 0 saturated heterocycles. The van der Waals surface area contributed by atoms with E-state index in [0.717, 1.165) is 5.69 Å². The first-order chi connectivity index (χ1) is 9.92. The van der Waals surface area contributed by atoms with Crippen molar-refractivity contribution in [2.24, 2.45) is 0 Å². The fraction of sp³-hybridized carbons (Fsp3) is 0.600. The number of hydrogen-bond donors (Lipinski definition) is 2. The van der Waals surface area contributed by atoms with Crippen molar-refractivity contribution >= 4 is 5.91 Å². The second kappa shape index (κ2) is 7.95. The molecule has 0 fully saturated rings. The van der Waals surface area contributed by atoms with E-state index in [2.05, 4.69) is 5.32 Å². The average molecular weight is 296 g/mol. The minimum Gasteiger partial charge on any atom is -0.389 e. The molecule has 6 heteroatoms. The number of carbonyl (C=O) groups excluding carboxylic acids is 1. The topological polar surface area (TPSA) is 80.6 Å². The minimum absolute atomic E-state index is 0.0533. The van der Waals surface area contributed by atoms with Crippen molar-refractivity contribution in [2.45, 2.75) is 40.3 Å². The molecule has 1 aromatic rings. The smallest absolute Gasteiger partial charge is 0.263 e. The molecule has 1 heterocycles. The summed E-state index contributed by atoms with van der Waals surface area (Å²) in [5.74, 6) is -0.463. The zero-order valence-electron chi connectivity index (χ0n) is 13.1. The summed E-state index contributed by atoms with van der Waals surface area (Å²) in [5.41, 5.74) is 1.30. The number of rotatable bonds is 7. The molecule has 0 bridgehead atoms. The van der Waals surface area contributed by atoms with Gasteiger partial charge >= 0.3 is 0 Å².